The Kier molecular flexibility index (Phi) is 2.90. The van der Waals surface area contributed by atoms with E-state index in [1.54, 1.807) is 12.1 Å². The average Bonchev–Trinajstić information content (AvgIpc) is 3.01. The summed E-state index contributed by atoms with van der Waals surface area (Å²) in [5, 5.41) is 0. The van der Waals surface area contributed by atoms with Gasteiger partial charge < -0.3 is 0 Å². The van der Waals surface area contributed by atoms with E-state index in [-0.39, 0.29) is 0 Å². The van der Waals surface area contributed by atoms with Crippen LogP contribution in [0.3, 0.4) is 0 Å². The van der Waals surface area contributed by atoms with Crippen LogP contribution in [0.25, 0.3) is 0 Å². The summed E-state index contributed by atoms with van der Waals surface area (Å²) in [5.41, 5.74) is 1.82. The molecule has 0 saturated carbocycles. The molecule has 1 aromatic carbocycles. The number of rotatable bonds is 4. The predicted molar refractivity (Wildman–Crippen MR) is 64.6 cm³/mol. The summed E-state index contributed by atoms with van der Waals surface area (Å²) < 4.78 is 27.1. The lowest BCUT2D eigenvalue weighted by Gasteiger charge is -2.09. The molecule has 0 atom stereocenters. The number of nitrogens with one attached hydrogen (secondary N) is 1. The Balaban J connectivity index is 2.10. The van der Waals surface area contributed by atoms with Gasteiger partial charge in [-0.05, 0) is 23.6 Å². The van der Waals surface area contributed by atoms with Gasteiger partial charge in [0, 0.05) is 18.8 Å². The molecule has 0 unspecified atom stereocenters. The van der Waals surface area contributed by atoms with Gasteiger partial charge in [-0.15, -0.1) is 0 Å². The van der Waals surface area contributed by atoms with E-state index in [9.17, 15) is 8.42 Å². The van der Waals surface area contributed by atoms with Crippen LogP contribution in [-0.2, 0) is 10.2 Å². The van der Waals surface area contributed by atoms with Crippen LogP contribution in [0, 0.1) is 0 Å². The summed E-state index contributed by atoms with van der Waals surface area (Å²) in [7, 11) is -3.29. The van der Waals surface area contributed by atoms with Gasteiger partial charge in [-0.3, -0.25) is 4.72 Å². The van der Waals surface area contributed by atoms with Gasteiger partial charge in [0.1, 0.15) is 0 Å². The first kappa shape index (κ1) is 11.4. The van der Waals surface area contributed by atoms with Gasteiger partial charge in [-0.1, -0.05) is 26.0 Å². The Morgan fingerprint density at radius 2 is 1.75 bits per heavy atom. The van der Waals surface area contributed by atoms with Crippen molar-refractivity contribution in [3.63, 3.8) is 0 Å². The second-order valence-electron chi connectivity index (χ2n) is 4.28. The van der Waals surface area contributed by atoms with E-state index in [0.717, 1.165) is 0 Å². The van der Waals surface area contributed by atoms with Gasteiger partial charge in [0.25, 0.3) is 0 Å². The van der Waals surface area contributed by atoms with Crippen LogP contribution in [-0.4, -0.2) is 25.8 Å². The second kappa shape index (κ2) is 4.07. The van der Waals surface area contributed by atoms with E-state index in [1.165, 1.54) is 9.87 Å². The summed E-state index contributed by atoms with van der Waals surface area (Å²) in [5.74, 6) is 0.456. The molecule has 0 radical (unpaired) electrons. The van der Waals surface area contributed by atoms with Gasteiger partial charge in [0.05, 0.1) is 0 Å². The van der Waals surface area contributed by atoms with Gasteiger partial charge in [-0.2, -0.15) is 12.7 Å². The largest absolute Gasteiger partial charge is 0.301 e. The van der Waals surface area contributed by atoms with E-state index in [0.29, 0.717) is 24.7 Å². The van der Waals surface area contributed by atoms with Crippen molar-refractivity contribution in [2.45, 2.75) is 19.8 Å². The molecule has 0 bridgehead atoms. The topological polar surface area (TPSA) is 49.2 Å². The van der Waals surface area contributed by atoms with Crippen LogP contribution in [0.4, 0.5) is 5.69 Å². The van der Waals surface area contributed by atoms with Gasteiger partial charge in [0.2, 0.25) is 0 Å². The van der Waals surface area contributed by atoms with Crippen LogP contribution in [0.2, 0.25) is 0 Å². The first-order valence-corrected chi connectivity index (χ1v) is 6.81. The molecule has 1 aliphatic heterocycles. The maximum atomic E-state index is 11.6. The molecule has 0 amide bonds. The van der Waals surface area contributed by atoms with Crippen molar-refractivity contribution in [1.29, 1.82) is 0 Å². The molecule has 4 nitrogen and oxygen atoms in total. The van der Waals surface area contributed by atoms with Crippen LogP contribution in [0.15, 0.2) is 24.3 Å². The van der Waals surface area contributed by atoms with Crippen molar-refractivity contribution in [1.82, 2.24) is 4.31 Å². The SMILES string of the molecule is CC(C)c1ccc(NS(=O)(=O)N2CC2)cc1. The smallest absolute Gasteiger partial charge is 0.271 e. The molecule has 16 heavy (non-hydrogen) atoms. The summed E-state index contributed by atoms with van der Waals surface area (Å²) in [6.45, 7) is 5.46. The van der Waals surface area contributed by atoms with Gasteiger partial charge >= 0.3 is 10.2 Å². The monoisotopic (exact) mass is 240 g/mol. The normalized spacial score (nSPS) is 16.4. The summed E-state index contributed by atoms with van der Waals surface area (Å²) in [6, 6.07) is 7.50. The van der Waals surface area contributed by atoms with Crippen LogP contribution in [0.1, 0.15) is 25.3 Å². The molecule has 0 spiro atoms. The molecule has 1 fully saturated rings. The quantitative estimate of drug-likeness (QED) is 0.816. The molecule has 1 N–H and O–H groups in total. The highest BCUT2D eigenvalue weighted by Gasteiger charge is 2.31. The zero-order chi connectivity index (χ0) is 11.8. The first-order valence-electron chi connectivity index (χ1n) is 5.37. The van der Waals surface area contributed by atoms with Crippen molar-refractivity contribution in [2.75, 3.05) is 17.8 Å². The van der Waals surface area contributed by atoms with Crippen molar-refractivity contribution in [3.8, 4) is 0 Å². The number of hydrogen-bond donors (Lipinski definition) is 1. The van der Waals surface area contributed by atoms with Crippen LogP contribution in [0.5, 0.6) is 0 Å². The maximum absolute atomic E-state index is 11.6. The Morgan fingerprint density at radius 3 is 2.19 bits per heavy atom. The fraction of sp³-hybridized carbons (Fsp3) is 0.455. The summed E-state index contributed by atoms with van der Waals surface area (Å²) in [6.07, 6.45) is 0. The second-order valence-corrected chi connectivity index (χ2v) is 5.95. The fourth-order valence-electron chi connectivity index (χ4n) is 1.43. The van der Waals surface area contributed by atoms with E-state index in [1.807, 2.05) is 12.1 Å². The van der Waals surface area contributed by atoms with Crippen molar-refractivity contribution < 1.29 is 8.42 Å². The third-order valence-electron chi connectivity index (χ3n) is 2.57. The minimum absolute atomic E-state index is 0.456. The van der Waals surface area contributed by atoms with Gasteiger partial charge in [-0.25, -0.2) is 0 Å². The number of nitrogens with zero attached hydrogens (tertiary/aromatic N) is 1. The predicted octanol–water partition coefficient (Wildman–Crippen LogP) is 1.78. The lowest BCUT2D eigenvalue weighted by molar-refractivity contribution is 0.569. The first-order chi connectivity index (χ1) is 7.49. The van der Waals surface area contributed by atoms with Gasteiger partial charge in [0.15, 0.2) is 0 Å². The minimum atomic E-state index is -3.29. The highest BCUT2D eigenvalue weighted by atomic mass is 32.2. The molecule has 1 aromatic rings. The van der Waals surface area contributed by atoms with E-state index in [2.05, 4.69) is 18.6 Å². The number of benzene rings is 1. The Morgan fingerprint density at radius 1 is 1.19 bits per heavy atom. The molecule has 0 aromatic heterocycles. The zero-order valence-electron chi connectivity index (χ0n) is 9.47. The highest BCUT2D eigenvalue weighted by molar-refractivity contribution is 7.90. The lowest BCUT2D eigenvalue weighted by atomic mass is 10.0. The maximum Gasteiger partial charge on any atom is 0.301 e. The lowest BCUT2D eigenvalue weighted by Crippen LogP contribution is -2.20. The van der Waals surface area contributed by atoms with Crippen molar-refractivity contribution in [3.05, 3.63) is 29.8 Å². The van der Waals surface area contributed by atoms with Crippen LogP contribution < -0.4 is 4.72 Å². The third kappa shape index (κ3) is 2.54. The standard InChI is InChI=1S/C11H16N2O2S/c1-9(2)10-3-5-11(6-4-10)12-16(14,15)13-7-8-13/h3-6,9,12H,7-8H2,1-2H3. The zero-order valence-corrected chi connectivity index (χ0v) is 10.3. The molecular weight excluding hydrogens is 224 g/mol. The average molecular weight is 240 g/mol. The molecule has 88 valence electrons. The molecule has 5 heteroatoms. The molecular formula is C11H16N2O2S. The molecule has 0 aliphatic carbocycles. The van der Waals surface area contributed by atoms with E-state index in [4.69, 9.17) is 0 Å². The summed E-state index contributed by atoms with van der Waals surface area (Å²) >= 11 is 0. The van der Waals surface area contributed by atoms with Crippen LogP contribution >= 0.6 is 0 Å². The minimum Gasteiger partial charge on any atom is -0.271 e. The Labute approximate surface area is 96.5 Å². The molecule has 1 aliphatic rings. The molecule has 1 heterocycles. The van der Waals surface area contributed by atoms with E-state index >= 15 is 0 Å². The number of anilines is 1. The highest BCUT2D eigenvalue weighted by Crippen LogP contribution is 2.20. The Hall–Kier alpha value is -1.07. The number of hydrogen-bond acceptors (Lipinski definition) is 2. The Bertz CT molecular complexity index is 461. The van der Waals surface area contributed by atoms with Crippen molar-refractivity contribution in [2.24, 2.45) is 0 Å². The van der Waals surface area contributed by atoms with Crippen molar-refractivity contribution >= 4 is 15.9 Å². The fourth-order valence-corrected chi connectivity index (χ4v) is 2.56. The third-order valence-corrected chi connectivity index (χ3v) is 4.11. The van der Waals surface area contributed by atoms with E-state index < -0.39 is 10.2 Å². The summed E-state index contributed by atoms with van der Waals surface area (Å²) in [4.78, 5) is 0. The molecule has 2 rings (SSSR count). The molecule has 1 saturated heterocycles.